The Morgan fingerprint density at radius 3 is 2.36 bits per heavy atom. The van der Waals surface area contributed by atoms with Crippen LogP contribution in [0.3, 0.4) is 0 Å². The Hall–Kier alpha value is 0.270. The number of hydrogen-bond donors (Lipinski definition) is 1. The second kappa shape index (κ2) is 3.33. The minimum absolute atomic E-state index is 0.831. The third-order valence-electron chi connectivity index (χ3n) is 2.49. The van der Waals surface area contributed by atoms with Crippen LogP contribution in [0.1, 0.15) is 12.8 Å². The molecule has 64 valence electrons. The molecular formula is C8H16N2S. The van der Waals surface area contributed by atoms with Gasteiger partial charge in [-0.2, -0.15) is 11.8 Å². The molecular weight excluding hydrogens is 156 g/mol. The van der Waals surface area contributed by atoms with Gasteiger partial charge in [0.2, 0.25) is 0 Å². The Morgan fingerprint density at radius 2 is 2.00 bits per heavy atom. The van der Waals surface area contributed by atoms with Crippen molar-refractivity contribution >= 4 is 11.8 Å². The number of thioether (sulfide) groups is 1. The molecule has 0 aromatic heterocycles. The van der Waals surface area contributed by atoms with Gasteiger partial charge in [0, 0.05) is 36.7 Å². The molecule has 2 N–H and O–H groups in total. The first kappa shape index (κ1) is 7.90. The van der Waals surface area contributed by atoms with Gasteiger partial charge in [0.15, 0.2) is 0 Å². The minimum Gasteiger partial charge on any atom is -0.329 e. The van der Waals surface area contributed by atoms with Gasteiger partial charge in [-0.15, -0.1) is 0 Å². The van der Waals surface area contributed by atoms with Crippen LogP contribution in [0.15, 0.2) is 0 Å². The van der Waals surface area contributed by atoms with Gasteiger partial charge in [-0.1, -0.05) is 0 Å². The maximum absolute atomic E-state index is 5.56. The van der Waals surface area contributed by atoms with Crippen molar-refractivity contribution in [2.75, 3.05) is 24.6 Å². The topological polar surface area (TPSA) is 29.3 Å². The van der Waals surface area contributed by atoms with Gasteiger partial charge in [-0.05, 0) is 12.8 Å². The molecule has 1 heterocycles. The Balaban J connectivity index is 1.81. The van der Waals surface area contributed by atoms with Crippen molar-refractivity contribution in [3.05, 3.63) is 0 Å². The summed E-state index contributed by atoms with van der Waals surface area (Å²) in [4.78, 5) is 2.62. The van der Waals surface area contributed by atoms with Crippen LogP contribution in [-0.2, 0) is 0 Å². The third kappa shape index (κ3) is 1.71. The van der Waals surface area contributed by atoms with Crippen LogP contribution in [0.2, 0.25) is 0 Å². The Labute approximate surface area is 72.5 Å². The number of nitrogens with two attached hydrogens (primary N) is 1. The molecule has 2 fully saturated rings. The van der Waals surface area contributed by atoms with Crippen molar-refractivity contribution in [3.8, 4) is 0 Å². The van der Waals surface area contributed by atoms with Crippen molar-refractivity contribution < 1.29 is 0 Å². The van der Waals surface area contributed by atoms with E-state index >= 15 is 0 Å². The van der Waals surface area contributed by atoms with Crippen LogP contribution in [-0.4, -0.2) is 41.6 Å². The smallest absolute Gasteiger partial charge is 0.0280 e. The maximum atomic E-state index is 5.56. The molecule has 0 radical (unpaired) electrons. The molecule has 2 aliphatic rings. The van der Waals surface area contributed by atoms with Crippen LogP contribution in [0.5, 0.6) is 0 Å². The molecule has 3 heteroatoms. The standard InChI is InChI=1S/C8H16N2S/c9-3-4-10(7-1-2-7)8-5-11-6-8/h7-8H,1-6,9H2. The van der Waals surface area contributed by atoms with E-state index in [1.807, 2.05) is 0 Å². The third-order valence-corrected chi connectivity index (χ3v) is 3.73. The average Bonchev–Trinajstić information content (AvgIpc) is 2.63. The molecule has 1 aliphatic heterocycles. The lowest BCUT2D eigenvalue weighted by Crippen LogP contribution is -2.47. The summed E-state index contributed by atoms with van der Waals surface area (Å²) in [5.74, 6) is 2.69. The molecule has 1 aliphatic carbocycles. The zero-order valence-corrected chi connectivity index (χ0v) is 7.65. The van der Waals surface area contributed by atoms with Crippen molar-refractivity contribution in [1.29, 1.82) is 0 Å². The van der Waals surface area contributed by atoms with Crippen LogP contribution >= 0.6 is 11.8 Å². The van der Waals surface area contributed by atoms with Crippen LogP contribution < -0.4 is 5.73 Å². The van der Waals surface area contributed by atoms with Crippen molar-refractivity contribution in [2.24, 2.45) is 5.73 Å². The molecule has 0 atom stereocenters. The number of nitrogens with zero attached hydrogens (tertiary/aromatic N) is 1. The SMILES string of the molecule is NCCN(C1CC1)C1CSC1. The molecule has 1 saturated heterocycles. The fourth-order valence-electron chi connectivity index (χ4n) is 1.63. The van der Waals surface area contributed by atoms with Gasteiger partial charge in [0.05, 0.1) is 0 Å². The van der Waals surface area contributed by atoms with E-state index in [1.165, 1.54) is 24.3 Å². The summed E-state index contributed by atoms with van der Waals surface area (Å²) in [5.41, 5.74) is 5.56. The van der Waals surface area contributed by atoms with E-state index in [4.69, 9.17) is 5.73 Å². The fraction of sp³-hybridized carbons (Fsp3) is 1.00. The largest absolute Gasteiger partial charge is 0.329 e. The van der Waals surface area contributed by atoms with Crippen LogP contribution in [0, 0.1) is 0 Å². The Morgan fingerprint density at radius 1 is 1.27 bits per heavy atom. The van der Waals surface area contributed by atoms with Crippen LogP contribution in [0.25, 0.3) is 0 Å². The lowest BCUT2D eigenvalue weighted by molar-refractivity contribution is 0.216. The van der Waals surface area contributed by atoms with Crippen molar-refractivity contribution in [3.63, 3.8) is 0 Å². The summed E-state index contributed by atoms with van der Waals surface area (Å²) in [5, 5.41) is 0. The lowest BCUT2D eigenvalue weighted by atomic mass is 10.3. The summed E-state index contributed by atoms with van der Waals surface area (Å²) in [6.07, 6.45) is 2.84. The van der Waals surface area contributed by atoms with Gasteiger partial charge in [0.1, 0.15) is 0 Å². The second-order valence-electron chi connectivity index (χ2n) is 3.45. The lowest BCUT2D eigenvalue weighted by Gasteiger charge is -2.37. The van der Waals surface area contributed by atoms with E-state index in [0.717, 1.165) is 25.2 Å². The van der Waals surface area contributed by atoms with E-state index in [-0.39, 0.29) is 0 Å². The molecule has 2 nitrogen and oxygen atoms in total. The molecule has 0 unspecified atom stereocenters. The van der Waals surface area contributed by atoms with E-state index < -0.39 is 0 Å². The quantitative estimate of drug-likeness (QED) is 0.670. The fourth-order valence-corrected chi connectivity index (χ4v) is 2.46. The second-order valence-corrected chi connectivity index (χ2v) is 4.52. The number of hydrogen-bond acceptors (Lipinski definition) is 3. The predicted molar refractivity (Wildman–Crippen MR) is 49.9 cm³/mol. The average molecular weight is 172 g/mol. The zero-order valence-electron chi connectivity index (χ0n) is 6.83. The zero-order chi connectivity index (χ0) is 7.68. The van der Waals surface area contributed by atoms with Crippen molar-refractivity contribution in [2.45, 2.75) is 24.9 Å². The Bertz CT molecular complexity index is 132. The van der Waals surface area contributed by atoms with E-state index in [0.29, 0.717) is 0 Å². The van der Waals surface area contributed by atoms with Gasteiger partial charge in [-0.25, -0.2) is 0 Å². The summed E-state index contributed by atoms with van der Waals surface area (Å²) in [7, 11) is 0. The molecule has 0 aromatic rings. The first-order chi connectivity index (χ1) is 5.42. The molecule has 11 heavy (non-hydrogen) atoms. The number of rotatable bonds is 4. The molecule has 1 saturated carbocycles. The van der Waals surface area contributed by atoms with Gasteiger partial charge in [0.25, 0.3) is 0 Å². The molecule has 0 amide bonds. The predicted octanol–water partition coefficient (Wildman–Crippen LogP) is 0.525. The van der Waals surface area contributed by atoms with Crippen LogP contribution in [0.4, 0.5) is 0 Å². The Kier molecular flexibility index (Phi) is 2.39. The first-order valence-electron chi connectivity index (χ1n) is 4.45. The summed E-state index contributed by atoms with van der Waals surface area (Å²) >= 11 is 2.06. The summed E-state index contributed by atoms with van der Waals surface area (Å²) in [6.45, 7) is 1.95. The molecule has 0 aromatic carbocycles. The van der Waals surface area contributed by atoms with Gasteiger partial charge >= 0.3 is 0 Å². The summed E-state index contributed by atoms with van der Waals surface area (Å²) in [6, 6.07) is 1.78. The molecule has 0 bridgehead atoms. The highest BCUT2D eigenvalue weighted by atomic mass is 32.2. The van der Waals surface area contributed by atoms with E-state index in [1.54, 1.807) is 0 Å². The van der Waals surface area contributed by atoms with Gasteiger partial charge in [-0.3, -0.25) is 4.90 Å². The van der Waals surface area contributed by atoms with Gasteiger partial charge < -0.3 is 5.73 Å². The summed E-state index contributed by atoms with van der Waals surface area (Å²) < 4.78 is 0. The monoisotopic (exact) mass is 172 g/mol. The highest BCUT2D eigenvalue weighted by molar-refractivity contribution is 8.00. The van der Waals surface area contributed by atoms with E-state index in [2.05, 4.69) is 16.7 Å². The highest BCUT2D eigenvalue weighted by Crippen LogP contribution is 2.33. The molecule has 0 spiro atoms. The normalized spacial score (nSPS) is 25.6. The first-order valence-corrected chi connectivity index (χ1v) is 5.61. The highest BCUT2D eigenvalue weighted by Gasteiger charge is 2.35. The molecule has 2 rings (SSSR count). The maximum Gasteiger partial charge on any atom is 0.0280 e. The van der Waals surface area contributed by atoms with Crippen molar-refractivity contribution in [1.82, 2.24) is 4.90 Å². The van der Waals surface area contributed by atoms with E-state index in [9.17, 15) is 0 Å². The minimum atomic E-state index is 0.831.